The molecule has 2 aliphatic rings. The quantitative estimate of drug-likeness (QED) is 0.665. The zero-order valence-electron chi connectivity index (χ0n) is 17.0. The van der Waals surface area contributed by atoms with Crippen LogP contribution in [0.15, 0.2) is 60.0 Å². The summed E-state index contributed by atoms with van der Waals surface area (Å²) in [4.78, 5) is 28.2. The van der Waals surface area contributed by atoms with Gasteiger partial charge in [-0.15, -0.1) is 13.2 Å². The summed E-state index contributed by atoms with van der Waals surface area (Å²) < 4.78 is 60.5. The van der Waals surface area contributed by atoms with Gasteiger partial charge >= 0.3 is 6.36 Å². The lowest BCUT2D eigenvalue weighted by atomic mass is 9.84. The Labute approximate surface area is 180 Å². The summed E-state index contributed by atoms with van der Waals surface area (Å²) in [5.74, 6) is -2.06. The fraction of sp³-hybridized carbons (Fsp3) is 0.273. The van der Waals surface area contributed by atoms with Crippen LogP contribution >= 0.6 is 0 Å². The molecule has 0 bridgehead atoms. The molecule has 32 heavy (non-hydrogen) atoms. The van der Waals surface area contributed by atoms with Gasteiger partial charge < -0.3 is 19.3 Å². The maximum atomic E-state index is 13.5. The summed E-state index contributed by atoms with van der Waals surface area (Å²) in [6, 6.07) is 10.0. The Morgan fingerprint density at radius 2 is 1.66 bits per heavy atom. The van der Waals surface area contributed by atoms with Crippen LogP contribution in [-0.2, 0) is 14.3 Å². The Bertz CT molecular complexity index is 1080. The molecular formula is C22H18F4N2O4. The summed E-state index contributed by atoms with van der Waals surface area (Å²) in [5.41, 5.74) is 0.995. The lowest BCUT2D eigenvalue weighted by molar-refractivity contribution is -0.274. The molecule has 0 aliphatic carbocycles. The Morgan fingerprint density at radius 1 is 1.03 bits per heavy atom. The highest BCUT2D eigenvalue weighted by Gasteiger charge is 2.46. The van der Waals surface area contributed by atoms with Crippen LogP contribution in [0.1, 0.15) is 18.4 Å². The number of rotatable bonds is 3. The van der Waals surface area contributed by atoms with Crippen molar-refractivity contribution in [2.75, 3.05) is 18.6 Å². The van der Waals surface area contributed by atoms with Crippen molar-refractivity contribution in [3.05, 3.63) is 71.4 Å². The maximum Gasteiger partial charge on any atom is 0.573 e. The number of nitrogens with zero attached hydrogens (tertiary/aromatic N) is 2. The number of benzene rings is 2. The number of halogens is 4. The van der Waals surface area contributed by atoms with Gasteiger partial charge in [0.2, 0.25) is 0 Å². The lowest BCUT2D eigenvalue weighted by Crippen LogP contribution is -2.54. The summed E-state index contributed by atoms with van der Waals surface area (Å²) in [6.45, 7) is 1.51. The van der Waals surface area contributed by atoms with E-state index in [1.807, 2.05) is 0 Å². The Balaban J connectivity index is 1.79. The average molecular weight is 450 g/mol. The van der Waals surface area contributed by atoms with Gasteiger partial charge in [-0.2, -0.15) is 0 Å². The first-order valence-electron chi connectivity index (χ1n) is 9.65. The maximum absolute atomic E-state index is 13.5. The van der Waals surface area contributed by atoms with Crippen LogP contribution in [-0.4, -0.2) is 42.8 Å². The highest BCUT2D eigenvalue weighted by atomic mass is 19.4. The summed E-state index contributed by atoms with van der Waals surface area (Å²) >= 11 is 0. The predicted molar refractivity (Wildman–Crippen MR) is 105 cm³/mol. The summed E-state index contributed by atoms with van der Waals surface area (Å²) in [7, 11) is 1.45. The van der Waals surface area contributed by atoms with Gasteiger partial charge in [0, 0.05) is 18.8 Å². The second kappa shape index (κ2) is 7.85. The number of anilines is 1. The molecule has 2 aromatic carbocycles. The van der Waals surface area contributed by atoms with Crippen molar-refractivity contribution >= 4 is 17.5 Å². The van der Waals surface area contributed by atoms with E-state index in [0.29, 0.717) is 17.0 Å². The first-order valence-corrected chi connectivity index (χ1v) is 9.65. The van der Waals surface area contributed by atoms with E-state index >= 15 is 0 Å². The molecule has 168 valence electrons. The summed E-state index contributed by atoms with van der Waals surface area (Å²) in [5, 5.41) is 0. The van der Waals surface area contributed by atoms with Gasteiger partial charge in [0.15, 0.2) is 6.61 Å². The number of carbonyl (C=O) groups is 2. The van der Waals surface area contributed by atoms with E-state index in [1.54, 1.807) is 19.1 Å². The highest BCUT2D eigenvalue weighted by Crippen LogP contribution is 2.42. The SMILES string of the molecule is CC1C(c2ccc(F)cc2)C2=C(C(=O)N1c1ccc(OC(F)(F)F)cc1)N(C)C(=O)CO2. The van der Waals surface area contributed by atoms with Crippen molar-refractivity contribution in [2.24, 2.45) is 0 Å². The second-order valence-corrected chi connectivity index (χ2v) is 7.44. The first kappa shape index (κ1) is 21.7. The zero-order valence-corrected chi connectivity index (χ0v) is 17.0. The molecule has 0 aromatic heterocycles. The minimum Gasteiger partial charge on any atom is -0.485 e. The molecule has 2 heterocycles. The monoisotopic (exact) mass is 450 g/mol. The Kier molecular flexibility index (Phi) is 5.31. The molecule has 0 spiro atoms. The molecule has 0 radical (unpaired) electrons. The predicted octanol–water partition coefficient (Wildman–Crippen LogP) is 3.94. The Hall–Kier alpha value is -3.56. The van der Waals surface area contributed by atoms with Crippen molar-refractivity contribution in [1.82, 2.24) is 4.90 Å². The van der Waals surface area contributed by atoms with E-state index in [9.17, 15) is 27.2 Å². The van der Waals surface area contributed by atoms with Crippen LogP contribution in [0, 0.1) is 5.82 Å². The fourth-order valence-electron chi connectivity index (χ4n) is 4.01. The van der Waals surface area contributed by atoms with Crippen molar-refractivity contribution < 1.29 is 36.6 Å². The molecule has 4 rings (SSSR count). The van der Waals surface area contributed by atoms with Crippen molar-refractivity contribution in [1.29, 1.82) is 0 Å². The third-order valence-corrected chi connectivity index (χ3v) is 5.47. The van der Waals surface area contributed by atoms with Crippen molar-refractivity contribution in [2.45, 2.75) is 25.2 Å². The van der Waals surface area contributed by atoms with Gasteiger partial charge in [0.25, 0.3) is 11.8 Å². The fourth-order valence-corrected chi connectivity index (χ4v) is 4.01. The van der Waals surface area contributed by atoms with Gasteiger partial charge in [-0.1, -0.05) is 12.1 Å². The summed E-state index contributed by atoms with van der Waals surface area (Å²) in [6.07, 6.45) is -4.84. The zero-order chi connectivity index (χ0) is 23.2. The van der Waals surface area contributed by atoms with E-state index in [-0.39, 0.29) is 12.3 Å². The molecule has 0 N–H and O–H groups in total. The second-order valence-electron chi connectivity index (χ2n) is 7.44. The molecule has 0 saturated heterocycles. The highest BCUT2D eigenvalue weighted by molar-refractivity contribution is 6.10. The van der Waals surface area contributed by atoms with Crippen LogP contribution in [0.4, 0.5) is 23.2 Å². The minimum atomic E-state index is -4.84. The van der Waals surface area contributed by atoms with E-state index in [1.165, 1.54) is 41.1 Å². The van der Waals surface area contributed by atoms with Gasteiger partial charge in [-0.05, 0) is 48.9 Å². The number of alkyl halides is 3. The topological polar surface area (TPSA) is 59.1 Å². The van der Waals surface area contributed by atoms with E-state index < -0.39 is 41.7 Å². The van der Waals surface area contributed by atoms with Crippen LogP contribution < -0.4 is 9.64 Å². The normalized spacial score (nSPS) is 21.4. The number of likely N-dealkylation sites (N-methyl/N-ethyl adjacent to an activating group) is 1. The third-order valence-electron chi connectivity index (χ3n) is 5.47. The van der Waals surface area contributed by atoms with Gasteiger partial charge in [0.1, 0.15) is 23.0 Å². The number of hydrogen-bond acceptors (Lipinski definition) is 4. The molecule has 0 fully saturated rings. The van der Waals surface area contributed by atoms with Crippen LogP contribution in [0.25, 0.3) is 0 Å². The number of hydrogen-bond donors (Lipinski definition) is 0. The molecule has 0 saturated carbocycles. The van der Waals surface area contributed by atoms with Gasteiger partial charge in [-0.25, -0.2) is 4.39 Å². The van der Waals surface area contributed by atoms with Crippen LogP contribution in [0.5, 0.6) is 5.75 Å². The number of ether oxygens (including phenoxy) is 2. The van der Waals surface area contributed by atoms with Crippen LogP contribution in [0.2, 0.25) is 0 Å². The van der Waals surface area contributed by atoms with Crippen LogP contribution in [0.3, 0.4) is 0 Å². The van der Waals surface area contributed by atoms with Gasteiger partial charge in [0.05, 0.1) is 5.92 Å². The van der Waals surface area contributed by atoms with E-state index in [2.05, 4.69) is 4.74 Å². The molecule has 2 unspecified atom stereocenters. The molecule has 2 aliphatic heterocycles. The number of amides is 2. The molecular weight excluding hydrogens is 432 g/mol. The first-order chi connectivity index (χ1) is 15.1. The van der Waals surface area contributed by atoms with Crippen molar-refractivity contribution in [3.8, 4) is 5.75 Å². The van der Waals surface area contributed by atoms with Crippen molar-refractivity contribution in [3.63, 3.8) is 0 Å². The molecule has 2 atom stereocenters. The largest absolute Gasteiger partial charge is 0.573 e. The average Bonchev–Trinajstić information content (AvgIpc) is 2.72. The molecule has 10 heteroatoms. The molecule has 6 nitrogen and oxygen atoms in total. The molecule has 2 aromatic rings. The molecule has 2 amide bonds. The number of carbonyl (C=O) groups excluding carboxylic acids is 2. The minimum absolute atomic E-state index is 0.0318. The smallest absolute Gasteiger partial charge is 0.485 e. The van der Waals surface area contributed by atoms with E-state index in [0.717, 1.165) is 12.1 Å². The van der Waals surface area contributed by atoms with E-state index in [4.69, 9.17) is 4.74 Å². The lowest BCUT2D eigenvalue weighted by Gasteiger charge is -2.44. The Morgan fingerprint density at radius 3 is 2.25 bits per heavy atom. The standard InChI is InChI=1S/C22H18F4N2O4/c1-12-18(13-3-5-14(23)6-4-13)20-19(27(2)17(29)11-31-20)21(30)28(12)15-7-9-16(10-8-15)32-22(24,25)26/h3-10,12,18H,11H2,1-2H3. The van der Waals surface area contributed by atoms with Gasteiger partial charge in [-0.3, -0.25) is 9.59 Å². The third kappa shape index (κ3) is 3.88.